The lowest BCUT2D eigenvalue weighted by Gasteiger charge is -2.02. The van der Waals surface area contributed by atoms with Gasteiger partial charge in [-0.05, 0) is 12.5 Å². The maximum Gasteiger partial charge on any atom is 0.313 e. The first-order valence-electron chi connectivity index (χ1n) is 7.37. The lowest BCUT2D eigenvalue weighted by molar-refractivity contribution is -0.139. The molecular weight excluding hydrogens is 264 g/mol. The number of ketones is 1. The highest BCUT2D eigenvalue weighted by Crippen LogP contribution is 2.11. The molecule has 0 saturated carbocycles. The molecule has 0 N–H and O–H groups in total. The third-order valence-electron chi connectivity index (χ3n) is 3.14. The van der Waals surface area contributed by atoms with Gasteiger partial charge in [-0.15, -0.1) is 0 Å². The molecule has 1 aromatic rings. The summed E-state index contributed by atoms with van der Waals surface area (Å²) in [6, 6.07) is 7.13. The van der Waals surface area contributed by atoms with Crippen LogP contribution in [0.1, 0.15) is 61.4 Å². The topological polar surface area (TPSA) is 43.4 Å². The Balaban J connectivity index is 2.69. The van der Waals surface area contributed by atoms with Crippen LogP contribution in [0.15, 0.2) is 24.3 Å². The highest BCUT2D eigenvalue weighted by atomic mass is 16.5. The third-order valence-corrected chi connectivity index (χ3v) is 3.14. The van der Waals surface area contributed by atoms with Crippen molar-refractivity contribution in [3.8, 4) is 11.8 Å². The minimum Gasteiger partial charge on any atom is -0.469 e. The Bertz CT molecular complexity index is 535. The number of carbonyl (C=O) groups is 2. The monoisotopic (exact) mass is 286 g/mol. The summed E-state index contributed by atoms with van der Waals surface area (Å²) in [4.78, 5) is 23.2. The minimum atomic E-state index is -0.526. The molecule has 112 valence electrons. The summed E-state index contributed by atoms with van der Waals surface area (Å²) in [6.07, 6.45) is 5.30. The minimum absolute atomic E-state index is 0.244. The summed E-state index contributed by atoms with van der Waals surface area (Å²) < 4.78 is 4.52. The zero-order valence-corrected chi connectivity index (χ0v) is 12.8. The molecule has 0 aliphatic rings. The lowest BCUT2D eigenvalue weighted by atomic mass is 10.0. The maximum atomic E-state index is 12.0. The lowest BCUT2D eigenvalue weighted by Crippen LogP contribution is -2.10. The predicted molar refractivity (Wildman–Crippen MR) is 83.0 cm³/mol. The molecule has 0 aromatic heterocycles. The van der Waals surface area contributed by atoms with Gasteiger partial charge in [0, 0.05) is 17.5 Å². The molecule has 0 spiro atoms. The van der Waals surface area contributed by atoms with Gasteiger partial charge in [0.1, 0.15) is 6.42 Å². The van der Waals surface area contributed by atoms with E-state index in [1.54, 1.807) is 12.1 Å². The van der Waals surface area contributed by atoms with Crippen LogP contribution < -0.4 is 0 Å². The van der Waals surface area contributed by atoms with Gasteiger partial charge in [0.2, 0.25) is 0 Å². The van der Waals surface area contributed by atoms with Crippen LogP contribution in [-0.2, 0) is 9.53 Å². The van der Waals surface area contributed by atoms with Crippen LogP contribution >= 0.6 is 0 Å². The molecule has 0 heterocycles. The quantitative estimate of drug-likeness (QED) is 0.252. The Morgan fingerprint density at radius 1 is 1.14 bits per heavy atom. The van der Waals surface area contributed by atoms with Gasteiger partial charge in [-0.3, -0.25) is 9.59 Å². The molecule has 0 unspecified atom stereocenters. The van der Waals surface area contributed by atoms with E-state index in [9.17, 15) is 9.59 Å². The highest BCUT2D eigenvalue weighted by Gasteiger charge is 2.14. The second kappa shape index (κ2) is 9.77. The Kier molecular flexibility index (Phi) is 7.89. The molecule has 3 heteroatoms. The molecule has 0 amide bonds. The normalized spacial score (nSPS) is 9.62. The van der Waals surface area contributed by atoms with Gasteiger partial charge in [-0.1, -0.05) is 56.2 Å². The summed E-state index contributed by atoms with van der Waals surface area (Å²) in [5.74, 6) is 5.37. The molecule has 0 atom stereocenters. The van der Waals surface area contributed by atoms with Crippen LogP contribution in [0.3, 0.4) is 0 Å². The van der Waals surface area contributed by atoms with Gasteiger partial charge in [-0.2, -0.15) is 0 Å². The van der Waals surface area contributed by atoms with Gasteiger partial charge < -0.3 is 4.74 Å². The van der Waals surface area contributed by atoms with Crippen LogP contribution in [-0.4, -0.2) is 18.9 Å². The molecule has 0 fully saturated rings. The van der Waals surface area contributed by atoms with Crippen molar-refractivity contribution in [3.05, 3.63) is 35.4 Å². The molecule has 0 aliphatic heterocycles. The molecule has 0 radical (unpaired) electrons. The van der Waals surface area contributed by atoms with Gasteiger partial charge in [-0.25, -0.2) is 0 Å². The molecule has 0 bridgehead atoms. The van der Waals surface area contributed by atoms with Crippen LogP contribution in [0.25, 0.3) is 0 Å². The summed E-state index contributed by atoms with van der Waals surface area (Å²) >= 11 is 0. The Morgan fingerprint density at radius 3 is 2.62 bits per heavy atom. The Morgan fingerprint density at radius 2 is 1.90 bits per heavy atom. The first kappa shape index (κ1) is 17.0. The van der Waals surface area contributed by atoms with E-state index in [0.717, 1.165) is 12.8 Å². The number of esters is 1. The number of hydrogen-bond acceptors (Lipinski definition) is 3. The zero-order chi connectivity index (χ0) is 15.5. The van der Waals surface area contributed by atoms with E-state index < -0.39 is 5.97 Å². The highest BCUT2D eigenvalue weighted by molar-refractivity contribution is 6.07. The van der Waals surface area contributed by atoms with Crippen molar-refractivity contribution in [1.82, 2.24) is 0 Å². The van der Waals surface area contributed by atoms with Gasteiger partial charge >= 0.3 is 5.97 Å². The smallest absolute Gasteiger partial charge is 0.313 e. The fourth-order valence-corrected chi connectivity index (χ4v) is 1.93. The molecule has 0 saturated heterocycles. The van der Waals surface area contributed by atoms with Gasteiger partial charge in [0.05, 0.1) is 7.11 Å². The van der Waals surface area contributed by atoms with E-state index >= 15 is 0 Å². The molecular formula is C18H22O3. The predicted octanol–water partition coefficient (Wildman–Crippen LogP) is 3.75. The summed E-state index contributed by atoms with van der Waals surface area (Å²) in [6.45, 7) is 2.18. The van der Waals surface area contributed by atoms with Crippen molar-refractivity contribution in [1.29, 1.82) is 0 Å². The van der Waals surface area contributed by atoms with Crippen molar-refractivity contribution in [3.63, 3.8) is 0 Å². The van der Waals surface area contributed by atoms with E-state index in [1.807, 2.05) is 12.1 Å². The van der Waals surface area contributed by atoms with Gasteiger partial charge in [0.25, 0.3) is 0 Å². The first-order valence-corrected chi connectivity index (χ1v) is 7.37. The second-order valence-electron chi connectivity index (χ2n) is 4.83. The number of carbonyl (C=O) groups excluding carboxylic acids is 2. The summed E-state index contributed by atoms with van der Waals surface area (Å²) in [7, 11) is 1.28. The van der Waals surface area contributed by atoms with Crippen LogP contribution in [0.2, 0.25) is 0 Å². The molecule has 3 nitrogen and oxygen atoms in total. The van der Waals surface area contributed by atoms with E-state index in [1.165, 1.54) is 26.4 Å². The van der Waals surface area contributed by atoms with Crippen LogP contribution in [0, 0.1) is 11.8 Å². The van der Waals surface area contributed by atoms with Crippen molar-refractivity contribution < 1.29 is 14.3 Å². The maximum absolute atomic E-state index is 12.0. The fraction of sp³-hybridized carbons (Fsp3) is 0.444. The van der Waals surface area contributed by atoms with Crippen LogP contribution in [0.4, 0.5) is 0 Å². The number of hydrogen-bond donors (Lipinski definition) is 0. The average Bonchev–Trinajstić information content (AvgIpc) is 2.51. The number of rotatable bonds is 7. The SMILES string of the molecule is CCCCCCC#Cc1ccccc1C(=O)CC(=O)OC. The fourth-order valence-electron chi connectivity index (χ4n) is 1.93. The zero-order valence-electron chi connectivity index (χ0n) is 12.8. The largest absolute Gasteiger partial charge is 0.469 e. The van der Waals surface area contributed by atoms with Gasteiger partial charge in [0.15, 0.2) is 5.78 Å². The second-order valence-corrected chi connectivity index (χ2v) is 4.83. The van der Waals surface area contributed by atoms with Crippen molar-refractivity contribution in [2.24, 2.45) is 0 Å². The average molecular weight is 286 g/mol. The number of benzene rings is 1. The van der Waals surface area contributed by atoms with E-state index in [-0.39, 0.29) is 12.2 Å². The van der Waals surface area contributed by atoms with Crippen molar-refractivity contribution in [2.45, 2.75) is 45.4 Å². The molecule has 1 aromatic carbocycles. The van der Waals surface area contributed by atoms with E-state index in [2.05, 4.69) is 23.5 Å². The standard InChI is InChI=1S/C18H22O3/c1-3-4-5-6-7-8-11-15-12-9-10-13-16(15)17(19)14-18(20)21-2/h9-10,12-13H,3-7,14H2,1-2H3. The number of methoxy groups -OCH3 is 1. The number of unbranched alkanes of at least 4 members (excludes halogenated alkanes) is 4. The van der Waals surface area contributed by atoms with E-state index in [0.29, 0.717) is 11.1 Å². The van der Waals surface area contributed by atoms with Crippen molar-refractivity contribution in [2.75, 3.05) is 7.11 Å². The Labute approximate surface area is 126 Å². The molecule has 1 rings (SSSR count). The number of ether oxygens (including phenoxy) is 1. The first-order chi connectivity index (χ1) is 10.2. The summed E-state index contributed by atoms with van der Waals surface area (Å²) in [5, 5.41) is 0. The summed E-state index contributed by atoms with van der Waals surface area (Å²) in [5.41, 5.74) is 1.17. The molecule has 0 aliphatic carbocycles. The van der Waals surface area contributed by atoms with Crippen LogP contribution in [0.5, 0.6) is 0 Å². The Hall–Kier alpha value is -2.08. The molecule has 21 heavy (non-hydrogen) atoms. The number of Topliss-reactive ketones (excluding diaryl/α,β-unsaturated/α-hetero) is 1. The third kappa shape index (κ3) is 6.27. The van der Waals surface area contributed by atoms with Crippen molar-refractivity contribution >= 4 is 11.8 Å². The van der Waals surface area contributed by atoms with E-state index in [4.69, 9.17) is 0 Å².